The van der Waals surface area contributed by atoms with Gasteiger partial charge in [-0.25, -0.2) is 0 Å². The molecule has 0 aromatic heterocycles. The van der Waals surface area contributed by atoms with Gasteiger partial charge in [0.05, 0.1) is 0 Å². The zero-order valence-electron chi connectivity index (χ0n) is 7.92. The zero-order chi connectivity index (χ0) is 9.84. The van der Waals surface area contributed by atoms with Gasteiger partial charge in [0.2, 0.25) is 5.91 Å². The lowest BCUT2D eigenvalue weighted by Crippen LogP contribution is -2.08. The van der Waals surface area contributed by atoms with Crippen LogP contribution in [0.1, 0.15) is 19.4 Å². The Balaban J connectivity index is 2.99. The highest BCUT2D eigenvalue weighted by Gasteiger charge is 2.01. The van der Waals surface area contributed by atoms with Crippen LogP contribution in [0.3, 0.4) is 0 Å². The van der Waals surface area contributed by atoms with Gasteiger partial charge in [0.1, 0.15) is 0 Å². The van der Waals surface area contributed by atoms with Crippen molar-refractivity contribution in [2.45, 2.75) is 20.3 Å². The Bertz CT molecular complexity index is 321. The van der Waals surface area contributed by atoms with E-state index < -0.39 is 0 Å². The Labute approximate surface area is 77.9 Å². The fourth-order valence-corrected chi connectivity index (χ4v) is 1.22. The van der Waals surface area contributed by atoms with Crippen LogP contribution in [0.2, 0.25) is 0 Å². The maximum atomic E-state index is 10.8. The van der Waals surface area contributed by atoms with E-state index in [4.69, 9.17) is 5.73 Å². The van der Waals surface area contributed by atoms with Crippen molar-refractivity contribution in [1.82, 2.24) is 0 Å². The molecule has 0 aliphatic rings. The molecule has 1 rings (SSSR count). The maximum absolute atomic E-state index is 10.8. The van der Waals surface area contributed by atoms with Crippen molar-refractivity contribution in [3.63, 3.8) is 0 Å². The number of nitrogens with one attached hydrogen (secondary N) is 1. The van der Waals surface area contributed by atoms with E-state index >= 15 is 0 Å². The Kier molecular flexibility index (Phi) is 2.90. The van der Waals surface area contributed by atoms with Crippen molar-refractivity contribution in [3.05, 3.63) is 23.8 Å². The van der Waals surface area contributed by atoms with E-state index in [1.54, 1.807) is 6.07 Å². The molecular weight excluding hydrogens is 164 g/mol. The van der Waals surface area contributed by atoms with Gasteiger partial charge in [-0.2, -0.15) is 0 Å². The Morgan fingerprint density at radius 3 is 2.77 bits per heavy atom. The number of carbonyl (C=O) groups excluding carboxylic acids is 1. The number of nitrogens with two attached hydrogens (primary N) is 1. The van der Waals surface area contributed by atoms with Crippen molar-refractivity contribution in [1.29, 1.82) is 0 Å². The Hall–Kier alpha value is -1.51. The topological polar surface area (TPSA) is 55.1 Å². The predicted molar refractivity (Wildman–Crippen MR) is 54.5 cm³/mol. The minimum atomic E-state index is -0.0560. The second kappa shape index (κ2) is 3.94. The normalized spacial score (nSPS) is 9.69. The van der Waals surface area contributed by atoms with Crippen LogP contribution in [0.4, 0.5) is 11.4 Å². The van der Waals surface area contributed by atoms with Crippen LogP contribution in [-0.2, 0) is 11.2 Å². The van der Waals surface area contributed by atoms with Crippen LogP contribution >= 0.6 is 0 Å². The fourth-order valence-electron chi connectivity index (χ4n) is 1.22. The highest BCUT2D eigenvalue weighted by atomic mass is 16.1. The van der Waals surface area contributed by atoms with E-state index in [-0.39, 0.29) is 5.91 Å². The summed E-state index contributed by atoms with van der Waals surface area (Å²) in [5, 5.41) is 2.76. The number of hydrogen-bond donors (Lipinski definition) is 2. The number of benzene rings is 1. The third-order valence-electron chi connectivity index (χ3n) is 1.82. The molecule has 1 aromatic carbocycles. The van der Waals surface area contributed by atoms with Crippen molar-refractivity contribution < 1.29 is 4.79 Å². The first-order chi connectivity index (χ1) is 6.13. The van der Waals surface area contributed by atoms with E-state index in [1.165, 1.54) is 6.92 Å². The SMILES string of the molecule is CCc1cc(N)ccc1NC(C)=O. The number of amides is 1. The quantitative estimate of drug-likeness (QED) is 0.678. The monoisotopic (exact) mass is 178 g/mol. The van der Waals surface area contributed by atoms with Gasteiger partial charge in [-0.15, -0.1) is 0 Å². The summed E-state index contributed by atoms with van der Waals surface area (Å²) >= 11 is 0. The summed E-state index contributed by atoms with van der Waals surface area (Å²) in [6.07, 6.45) is 0.862. The van der Waals surface area contributed by atoms with E-state index in [1.807, 2.05) is 19.1 Å². The maximum Gasteiger partial charge on any atom is 0.221 e. The fraction of sp³-hybridized carbons (Fsp3) is 0.300. The molecule has 0 aliphatic heterocycles. The molecule has 3 nitrogen and oxygen atoms in total. The summed E-state index contributed by atoms with van der Waals surface area (Å²) in [6.45, 7) is 3.52. The van der Waals surface area contributed by atoms with E-state index in [9.17, 15) is 4.79 Å². The van der Waals surface area contributed by atoms with Crippen molar-refractivity contribution in [3.8, 4) is 0 Å². The molecule has 0 spiro atoms. The van der Waals surface area contributed by atoms with Gasteiger partial charge >= 0.3 is 0 Å². The highest BCUT2D eigenvalue weighted by Crippen LogP contribution is 2.19. The molecule has 0 saturated carbocycles. The van der Waals surface area contributed by atoms with Crippen LogP contribution in [0, 0.1) is 0 Å². The number of hydrogen-bond acceptors (Lipinski definition) is 2. The summed E-state index contributed by atoms with van der Waals surface area (Å²) in [7, 11) is 0. The Morgan fingerprint density at radius 1 is 1.54 bits per heavy atom. The molecule has 1 amide bonds. The molecule has 0 aliphatic carbocycles. The number of nitrogen functional groups attached to an aromatic ring is 1. The molecule has 0 bridgehead atoms. The molecule has 3 heteroatoms. The van der Waals surface area contributed by atoms with Gasteiger partial charge in [0, 0.05) is 18.3 Å². The highest BCUT2D eigenvalue weighted by molar-refractivity contribution is 5.89. The van der Waals surface area contributed by atoms with Crippen molar-refractivity contribution in [2.75, 3.05) is 11.1 Å². The Morgan fingerprint density at radius 2 is 2.23 bits per heavy atom. The first-order valence-corrected chi connectivity index (χ1v) is 4.29. The number of carbonyl (C=O) groups is 1. The summed E-state index contributed by atoms with van der Waals surface area (Å²) in [5.74, 6) is -0.0560. The van der Waals surface area contributed by atoms with Gasteiger partial charge in [-0.1, -0.05) is 6.92 Å². The summed E-state index contributed by atoms with van der Waals surface area (Å²) < 4.78 is 0. The van der Waals surface area contributed by atoms with Gasteiger partial charge in [-0.3, -0.25) is 4.79 Å². The lowest BCUT2D eigenvalue weighted by atomic mass is 10.1. The van der Waals surface area contributed by atoms with Crippen LogP contribution in [0.5, 0.6) is 0 Å². The van der Waals surface area contributed by atoms with Gasteiger partial charge in [0.15, 0.2) is 0 Å². The van der Waals surface area contributed by atoms with E-state index in [2.05, 4.69) is 5.32 Å². The third kappa shape index (κ3) is 2.47. The van der Waals surface area contributed by atoms with Gasteiger partial charge < -0.3 is 11.1 Å². The number of anilines is 2. The lowest BCUT2D eigenvalue weighted by Gasteiger charge is -2.08. The summed E-state index contributed by atoms with van der Waals surface area (Å²) in [4.78, 5) is 10.8. The largest absolute Gasteiger partial charge is 0.399 e. The van der Waals surface area contributed by atoms with Crippen LogP contribution in [0.15, 0.2) is 18.2 Å². The number of aryl methyl sites for hydroxylation is 1. The van der Waals surface area contributed by atoms with Crippen LogP contribution in [0.25, 0.3) is 0 Å². The molecule has 0 heterocycles. The molecule has 0 radical (unpaired) electrons. The van der Waals surface area contributed by atoms with Crippen molar-refractivity contribution in [2.24, 2.45) is 0 Å². The molecule has 13 heavy (non-hydrogen) atoms. The summed E-state index contributed by atoms with van der Waals surface area (Å²) in [6, 6.07) is 5.49. The summed E-state index contributed by atoms with van der Waals surface area (Å²) in [5.41, 5.74) is 8.27. The minimum Gasteiger partial charge on any atom is -0.399 e. The van der Waals surface area contributed by atoms with E-state index in [0.717, 1.165) is 23.4 Å². The third-order valence-corrected chi connectivity index (χ3v) is 1.82. The molecule has 0 atom stereocenters. The minimum absolute atomic E-state index is 0.0560. The van der Waals surface area contributed by atoms with Crippen LogP contribution < -0.4 is 11.1 Å². The molecule has 0 unspecified atom stereocenters. The van der Waals surface area contributed by atoms with Gasteiger partial charge in [0.25, 0.3) is 0 Å². The van der Waals surface area contributed by atoms with Crippen molar-refractivity contribution >= 4 is 17.3 Å². The molecule has 3 N–H and O–H groups in total. The smallest absolute Gasteiger partial charge is 0.221 e. The molecule has 1 aromatic rings. The van der Waals surface area contributed by atoms with E-state index in [0.29, 0.717) is 0 Å². The second-order valence-electron chi connectivity index (χ2n) is 2.95. The average Bonchev–Trinajstić information content (AvgIpc) is 2.07. The molecule has 0 fully saturated rings. The van der Waals surface area contributed by atoms with Crippen LogP contribution in [-0.4, -0.2) is 5.91 Å². The second-order valence-corrected chi connectivity index (χ2v) is 2.95. The zero-order valence-corrected chi connectivity index (χ0v) is 7.92. The first-order valence-electron chi connectivity index (χ1n) is 4.29. The average molecular weight is 178 g/mol. The first kappa shape index (κ1) is 9.58. The number of rotatable bonds is 2. The van der Waals surface area contributed by atoms with Gasteiger partial charge in [-0.05, 0) is 30.2 Å². The standard InChI is InChI=1S/C10H14N2O/c1-3-8-6-9(11)4-5-10(8)12-7(2)13/h4-6H,3,11H2,1-2H3,(H,12,13). The molecular formula is C10H14N2O. The molecule has 0 saturated heterocycles. The predicted octanol–water partition coefficient (Wildman–Crippen LogP) is 1.79. The molecule has 70 valence electrons. The lowest BCUT2D eigenvalue weighted by molar-refractivity contribution is -0.114.